The van der Waals surface area contributed by atoms with E-state index in [1.165, 1.54) is 38.5 Å². The van der Waals surface area contributed by atoms with Crippen LogP contribution in [0.3, 0.4) is 0 Å². The lowest BCUT2D eigenvalue weighted by atomic mass is 10.1. The SMILES string of the molecule is O=C(NO)c1ccc2oc(-c3ccc(NC4CCCCCC4)nc3)nc2c1. The lowest BCUT2D eigenvalue weighted by Crippen LogP contribution is -2.18. The van der Waals surface area contributed by atoms with E-state index in [9.17, 15) is 4.79 Å². The highest BCUT2D eigenvalue weighted by Gasteiger charge is 2.14. The number of fused-ring (bicyclic) bond motifs is 1. The summed E-state index contributed by atoms with van der Waals surface area (Å²) in [7, 11) is 0. The molecule has 7 heteroatoms. The molecule has 140 valence electrons. The Bertz CT molecular complexity index is 928. The van der Waals surface area contributed by atoms with Crippen LogP contribution in [0, 0.1) is 0 Å². The van der Waals surface area contributed by atoms with Crippen molar-refractivity contribution in [2.45, 2.75) is 44.6 Å². The second-order valence-corrected chi connectivity index (χ2v) is 6.91. The maximum Gasteiger partial charge on any atom is 0.274 e. The fourth-order valence-electron chi connectivity index (χ4n) is 3.50. The number of benzene rings is 1. The number of carbonyl (C=O) groups excluding carboxylic acids is 1. The van der Waals surface area contributed by atoms with Crippen molar-refractivity contribution in [1.29, 1.82) is 0 Å². The molecule has 7 nitrogen and oxygen atoms in total. The van der Waals surface area contributed by atoms with Gasteiger partial charge in [0.05, 0.1) is 5.56 Å². The second kappa shape index (κ2) is 7.75. The van der Waals surface area contributed by atoms with E-state index in [1.54, 1.807) is 29.9 Å². The zero-order chi connectivity index (χ0) is 18.6. The predicted octanol–water partition coefficient (Wildman–Crippen LogP) is 4.14. The molecule has 1 saturated carbocycles. The van der Waals surface area contributed by atoms with Crippen LogP contribution in [0.4, 0.5) is 5.82 Å². The van der Waals surface area contributed by atoms with Gasteiger partial charge in [-0.05, 0) is 43.2 Å². The Labute approximate surface area is 156 Å². The number of carbonyl (C=O) groups is 1. The quantitative estimate of drug-likeness (QED) is 0.364. The van der Waals surface area contributed by atoms with Crippen LogP contribution in [0.15, 0.2) is 40.9 Å². The average molecular weight is 366 g/mol. The number of hydrogen-bond acceptors (Lipinski definition) is 6. The van der Waals surface area contributed by atoms with E-state index in [0.29, 0.717) is 28.6 Å². The van der Waals surface area contributed by atoms with Crippen LogP contribution in [0.2, 0.25) is 0 Å². The van der Waals surface area contributed by atoms with Gasteiger partial charge in [-0.15, -0.1) is 0 Å². The number of oxazole rings is 1. The number of hydrogen-bond donors (Lipinski definition) is 3. The number of nitrogens with zero attached hydrogens (tertiary/aromatic N) is 2. The summed E-state index contributed by atoms with van der Waals surface area (Å²) in [4.78, 5) is 20.4. The molecule has 1 amide bonds. The zero-order valence-corrected chi connectivity index (χ0v) is 14.9. The molecule has 0 atom stereocenters. The zero-order valence-electron chi connectivity index (χ0n) is 14.9. The van der Waals surface area contributed by atoms with Gasteiger partial charge in [-0.2, -0.15) is 0 Å². The van der Waals surface area contributed by atoms with Gasteiger partial charge < -0.3 is 9.73 Å². The van der Waals surface area contributed by atoms with Crippen molar-refractivity contribution in [1.82, 2.24) is 15.4 Å². The highest BCUT2D eigenvalue weighted by molar-refractivity contribution is 5.96. The molecule has 0 radical (unpaired) electrons. The molecule has 4 rings (SSSR count). The van der Waals surface area contributed by atoms with E-state index in [0.717, 1.165) is 11.4 Å². The minimum atomic E-state index is -0.586. The van der Waals surface area contributed by atoms with E-state index in [-0.39, 0.29) is 0 Å². The summed E-state index contributed by atoms with van der Waals surface area (Å²) in [6.45, 7) is 0. The monoisotopic (exact) mass is 366 g/mol. The first-order valence-electron chi connectivity index (χ1n) is 9.31. The van der Waals surface area contributed by atoms with Gasteiger partial charge in [0.2, 0.25) is 5.89 Å². The molecule has 2 heterocycles. The number of nitrogens with one attached hydrogen (secondary N) is 2. The van der Waals surface area contributed by atoms with Crippen molar-refractivity contribution in [2.24, 2.45) is 0 Å². The first kappa shape index (κ1) is 17.5. The molecule has 0 spiro atoms. The molecule has 1 aliphatic rings. The first-order chi connectivity index (χ1) is 13.2. The summed E-state index contributed by atoms with van der Waals surface area (Å²) in [5, 5.41) is 12.3. The van der Waals surface area contributed by atoms with E-state index in [2.05, 4.69) is 15.3 Å². The van der Waals surface area contributed by atoms with Crippen LogP contribution < -0.4 is 10.8 Å². The van der Waals surface area contributed by atoms with Crippen LogP contribution in [-0.4, -0.2) is 27.1 Å². The molecule has 2 aromatic heterocycles. The van der Waals surface area contributed by atoms with E-state index < -0.39 is 5.91 Å². The van der Waals surface area contributed by atoms with Gasteiger partial charge in [0.1, 0.15) is 11.3 Å². The molecule has 0 unspecified atom stereocenters. The molecule has 1 aromatic carbocycles. The Morgan fingerprint density at radius 1 is 1.11 bits per heavy atom. The molecular weight excluding hydrogens is 344 g/mol. The fraction of sp³-hybridized carbons (Fsp3) is 0.350. The van der Waals surface area contributed by atoms with Gasteiger partial charge in [-0.25, -0.2) is 15.4 Å². The Balaban J connectivity index is 1.52. The average Bonchev–Trinajstić information content (AvgIpc) is 2.96. The van der Waals surface area contributed by atoms with Crippen molar-refractivity contribution >= 4 is 22.8 Å². The van der Waals surface area contributed by atoms with Gasteiger partial charge in [0, 0.05) is 17.8 Å². The van der Waals surface area contributed by atoms with Gasteiger partial charge in [0.15, 0.2) is 5.58 Å². The lowest BCUT2D eigenvalue weighted by Gasteiger charge is -2.16. The maximum absolute atomic E-state index is 11.5. The number of pyridine rings is 1. The van der Waals surface area contributed by atoms with Gasteiger partial charge in [-0.1, -0.05) is 25.7 Å². The molecule has 0 bridgehead atoms. The molecule has 0 aliphatic heterocycles. The van der Waals surface area contributed by atoms with Crippen molar-refractivity contribution < 1.29 is 14.4 Å². The van der Waals surface area contributed by atoms with Gasteiger partial charge >= 0.3 is 0 Å². The summed E-state index contributed by atoms with van der Waals surface area (Å²) in [6.07, 6.45) is 9.32. The Morgan fingerprint density at radius 2 is 1.93 bits per heavy atom. The van der Waals surface area contributed by atoms with Gasteiger partial charge in [0.25, 0.3) is 5.91 Å². The van der Waals surface area contributed by atoms with Crippen LogP contribution in [0.5, 0.6) is 0 Å². The number of rotatable bonds is 4. The number of aromatic nitrogens is 2. The van der Waals surface area contributed by atoms with Crippen molar-refractivity contribution in [3.8, 4) is 11.5 Å². The second-order valence-electron chi connectivity index (χ2n) is 6.91. The van der Waals surface area contributed by atoms with Crippen molar-refractivity contribution in [2.75, 3.05) is 5.32 Å². The molecule has 27 heavy (non-hydrogen) atoms. The van der Waals surface area contributed by atoms with Crippen LogP contribution in [0.25, 0.3) is 22.6 Å². The standard InChI is InChI=1S/C20H22N4O3/c25-19(24-26)13-7-9-17-16(11-13)23-20(27-17)14-8-10-18(21-12-14)22-15-5-3-1-2-4-6-15/h7-12,15,26H,1-6H2,(H,21,22)(H,24,25). The Morgan fingerprint density at radius 3 is 2.63 bits per heavy atom. The smallest absolute Gasteiger partial charge is 0.274 e. The number of anilines is 1. The lowest BCUT2D eigenvalue weighted by molar-refractivity contribution is 0.0706. The molecule has 3 N–H and O–H groups in total. The maximum atomic E-state index is 11.5. The van der Waals surface area contributed by atoms with Crippen LogP contribution in [-0.2, 0) is 0 Å². The topological polar surface area (TPSA) is 100 Å². The largest absolute Gasteiger partial charge is 0.436 e. The number of amides is 1. The van der Waals surface area contributed by atoms with Crippen molar-refractivity contribution in [3.05, 3.63) is 42.1 Å². The predicted molar refractivity (Wildman–Crippen MR) is 102 cm³/mol. The highest BCUT2D eigenvalue weighted by atomic mass is 16.5. The molecule has 3 aromatic rings. The molecule has 0 saturated heterocycles. The highest BCUT2D eigenvalue weighted by Crippen LogP contribution is 2.26. The Kier molecular flexibility index (Phi) is 5.02. The summed E-state index contributed by atoms with van der Waals surface area (Å²) >= 11 is 0. The third-order valence-electron chi connectivity index (χ3n) is 4.97. The molecule has 1 fully saturated rings. The molecular formula is C20H22N4O3. The van der Waals surface area contributed by atoms with E-state index >= 15 is 0 Å². The van der Waals surface area contributed by atoms with E-state index in [1.807, 2.05) is 12.1 Å². The third kappa shape index (κ3) is 3.93. The minimum Gasteiger partial charge on any atom is -0.436 e. The summed E-state index contributed by atoms with van der Waals surface area (Å²) in [6, 6.07) is 9.17. The van der Waals surface area contributed by atoms with Crippen LogP contribution in [0.1, 0.15) is 48.9 Å². The fourth-order valence-corrected chi connectivity index (χ4v) is 3.50. The normalized spacial score (nSPS) is 15.4. The van der Waals surface area contributed by atoms with Crippen LogP contribution >= 0.6 is 0 Å². The Hall–Kier alpha value is -2.93. The first-order valence-corrected chi connectivity index (χ1v) is 9.31. The van der Waals surface area contributed by atoms with Crippen molar-refractivity contribution in [3.63, 3.8) is 0 Å². The molecule has 1 aliphatic carbocycles. The summed E-state index contributed by atoms with van der Waals surface area (Å²) in [5.74, 6) is 0.723. The minimum absolute atomic E-state index is 0.311. The summed E-state index contributed by atoms with van der Waals surface area (Å²) in [5.41, 5.74) is 3.81. The third-order valence-corrected chi connectivity index (χ3v) is 4.97. The van der Waals surface area contributed by atoms with E-state index in [4.69, 9.17) is 9.62 Å². The summed E-state index contributed by atoms with van der Waals surface area (Å²) < 4.78 is 5.76. The van der Waals surface area contributed by atoms with Gasteiger partial charge in [-0.3, -0.25) is 10.0 Å². The number of hydroxylamine groups is 1.